The van der Waals surface area contributed by atoms with Gasteiger partial charge in [-0.2, -0.15) is 0 Å². The van der Waals surface area contributed by atoms with Crippen molar-refractivity contribution >= 4 is 11.6 Å². The summed E-state index contributed by atoms with van der Waals surface area (Å²) in [6, 6.07) is 21.0. The molecule has 0 spiro atoms. The summed E-state index contributed by atoms with van der Waals surface area (Å²) in [5.74, 6) is 0. The topological polar surface area (TPSA) is 12.0 Å². The lowest BCUT2D eigenvalue weighted by molar-refractivity contribution is 0.809. The molecule has 1 N–H and O–H groups in total. The molecule has 2 rings (SSSR count). The van der Waals surface area contributed by atoms with Crippen LogP contribution in [0.2, 0.25) is 0 Å². The van der Waals surface area contributed by atoms with Crippen molar-refractivity contribution in [2.75, 3.05) is 13.1 Å². The van der Waals surface area contributed by atoms with Crippen LogP contribution in [-0.4, -0.2) is 13.1 Å². The fourth-order valence-corrected chi connectivity index (χ4v) is 1.90. The van der Waals surface area contributed by atoms with Gasteiger partial charge in [-0.15, -0.1) is 0 Å². The van der Waals surface area contributed by atoms with Crippen molar-refractivity contribution in [3.63, 3.8) is 0 Å². The smallest absolute Gasteiger partial charge is 0.0211 e. The van der Waals surface area contributed by atoms with E-state index in [-0.39, 0.29) is 0 Å². The molecule has 0 fully saturated rings. The first-order valence-electron chi connectivity index (χ1n) is 6.42. The van der Waals surface area contributed by atoms with Gasteiger partial charge < -0.3 is 5.32 Å². The van der Waals surface area contributed by atoms with Gasteiger partial charge in [0.1, 0.15) is 0 Å². The summed E-state index contributed by atoms with van der Waals surface area (Å²) in [7, 11) is 0. The second kappa shape index (κ2) is 6.77. The predicted octanol–water partition coefficient (Wildman–Crippen LogP) is 3.84. The third-order valence-corrected chi connectivity index (χ3v) is 2.85. The molecule has 0 aliphatic carbocycles. The van der Waals surface area contributed by atoms with Crippen LogP contribution in [0.5, 0.6) is 0 Å². The molecule has 0 aliphatic heterocycles. The monoisotopic (exact) mass is 237 g/mol. The van der Waals surface area contributed by atoms with E-state index in [1.807, 2.05) is 6.07 Å². The fourth-order valence-electron chi connectivity index (χ4n) is 1.90. The molecule has 1 heteroatoms. The van der Waals surface area contributed by atoms with Crippen LogP contribution >= 0.6 is 0 Å². The van der Waals surface area contributed by atoms with Gasteiger partial charge in [0, 0.05) is 6.54 Å². The van der Waals surface area contributed by atoms with Crippen molar-refractivity contribution in [1.29, 1.82) is 0 Å². The summed E-state index contributed by atoms with van der Waals surface area (Å²) in [6.45, 7) is 4.01. The van der Waals surface area contributed by atoms with E-state index in [2.05, 4.69) is 72.9 Å². The first kappa shape index (κ1) is 12.6. The molecule has 0 saturated carbocycles. The van der Waals surface area contributed by atoms with Crippen LogP contribution in [-0.2, 0) is 0 Å². The lowest BCUT2D eigenvalue weighted by Crippen LogP contribution is -2.15. The number of hydrogen-bond donors (Lipinski definition) is 1. The van der Waals surface area contributed by atoms with E-state index >= 15 is 0 Å². The van der Waals surface area contributed by atoms with Crippen molar-refractivity contribution in [3.8, 4) is 0 Å². The Labute approximate surface area is 109 Å². The molecule has 0 atom stereocenters. The molecule has 0 unspecified atom stereocenters. The van der Waals surface area contributed by atoms with Gasteiger partial charge in [0.15, 0.2) is 0 Å². The van der Waals surface area contributed by atoms with Crippen molar-refractivity contribution in [2.45, 2.75) is 6.92 Å². The molecule has 0 aliphatic rings. The van der Waals surface area contributed by atoms with Gasteiger partial charge in [0.2, 0.25) is 0 Å². The maximum Gasteiger partial charge on any atom is 0.0211 e. The summed E-state index contributed by atoms with van der Waals surface area (Å²) in [4.78, 5) is 0. The molecule has 18 heavy (non-hydrogen) atoms. The van der Waals surface area contributed by atoms with E-state index in [9.17, 15) is 0 Å². The molecule has 92 valence electrons. The highest BCUT2D eigenvalue weighted by Crippen LogP contribution is 2.17. The van der Waals surface area contributed by atoms with E-state index in [0.29, 0.717) is 0 Å². The highest BCUT2D eigenvalue weighted by Gasteiger charge is 2.00. The van der Waals surface area contributed by atoms with Gasteiger partial charge in [-0.25, -0.2) is 0 Å². The Morgan fingerprint density at radius 1 is 0.944 bits per heavy atom. The Morgan fingerprint density at radius 3 is 2.17 bits per heavy atom. The Morgan fingerprint density at radius 2 is 1.56 bits per heavy atom. The molecule has 0 radical (unpaired) electrons. The average Bonchev–Trinajstić information content (AvgIpc) is 2.45. The van der Waals surface area contributed by atoms with Crippen molar-refractivity contribution in [1.82, 2.24) is 5.32 Å². The molecular weight excluding hydrogens is 218 g/mol. The average molecular weight is 237 g/mol. The van der Waals surface area contributed by atoms with Gasteiger partial charge >= 0.3 is 0 Å². The normalized spacial score (nSPS) is 11.5. The summed E-state index contributed by atoms with van der Waals surface area (Å²) >= 11 is 0. The largest absolute Gasteiger partial charge is 0.313 e. The number of likely N-dealkylation sites (N-methyl/N-ethyl adjacent to an activating group) is 1. The number of nitrogens with one attached hydrogen (secondary N) is 1. The zero-order chi connectivity index (χ0) is 12.6. The standard InChI is InChI=1S/C17H19N/c1-2-18-14-17(16-11-7-4-8-12-16)13-15-9-5-3-6-10-15/h3-13,18H,2,14H2,1H3. The molecule has 2 aromatic rings. The Bertz CT molecular complexity index is 486. The van der Waals surface area contributed by atoms with Gasteiger partial charge in [0.25, 0.3) is 0 Å². The zero-order valence-electron chi connectivity index (χ0n) is 10.8. The third-order valence-electron chi connectivity index (χ3n) is 2.85. The van der Waals surface area contributed by atoms with Crippen LogP contribution in [0.1, 0.15) is 18.1 Å². The lowest BCUT2D eigenvalue weighted by Gasteiger charge is -2.09. The van der Waals surface area contributed by atoms with Crippen molar-refractivity contribution in [2.24, 2.45) is 0 Å². The maximum absolute atomic E-state index is 3.40. The molecule has 0 saturated heterocycles. The van der Waals surface area contributed by atoms with Crippen LogP contribution in [0.15, 0.2) is 60.7 Å². The molecule has 0 heterocycles. The second-order valence-corrected chi connectivity index (χ2v) is 4.23. The Balaban J connectivity index is 2.28. The van der Waals surface area contributed by atoms with E-state index in [1.165, 1.54) is 16.7 Å². The fraction of sp³-hybridized carbons (Fsp3) is 0.176. The zero-order valence-corrected chi connectivity index (χ0v) is 10.8. The minimum Gasteiger partial charge on any atom is -0.313 e. The van der Waals surface area contributed by atoms with Crippen molar-refractivity contribution in [3.05, 3.63) is 71.8 Å². The van der Waals surface area contributed by atoms with Crippen LogP contribution in [0.3, 0.4) is 0 Å². The molecule has 0 amide bonds. The molecule has 2 aromatic carbocycles. The van der Waals surface area contributed by atoms with E-state index in [1.54, 1.807) is 0 Å². The Hall–Kier alpha value is -1.86. The molecule has 0 bridgehead atoms. The minimum atomic E-state index is 0.898. The second-order valence-electron chi connectivity index (χ2n) is 4.23. The highest BCUT2D eigenvalue weighted by molar-refractivity contribution is 5.82. The van der Waals surface area contributed by atoms with Gasteiger partial charge in [-0.05, 0) is 29.3 Å². The predicted molar refractivity (Wildman–Crippen MR) is 79.3 cm³/mol. The van der Waals surface area contributed by atoms with Gasteiger partial charge in [0.05, 0.1) is 0 Å². The van der Waals surface area contributed by atoms with Gasteiger partial charge in [-0.3, -0.25) is 0 Å². The SMILES string of the molecule is CCNCC(=Cc1ccccc1)c1ccccc1. The van der Waals surface area contributed by atoms with E-state index in [4.69, 9.17) is 0 Å². The summed E-state index contributed by atoms with van der Waals surface area (Å²) < 4.78 is 0. The molecule has 1 nitrogen and oxygen atoms in total. The van der Waals surface area contributed by atoms with E-state index in [0.717, 1.165) is 13.1 Å². The Kier molecular flexibility index (Phi) is 4.74. The van der Waals surface area contributed by atoms with Crippen LogP contribution in [0.4, 0.5) is 0 Å². The van der Waals surface area contributed by atoms with Gasteiger partial charge in [-0.1, -0.05) is 67.6 Å². The summed E-state index contributed by atoms with van der Waals surface area (Å²) in [5.41, 5.74) is 3.85. The number of rotatable bonds is 5. The number of benzene rings is 2. The quantitative estimate of drug-likeness (QED) is 0.779. The van der Waals surface area contributed by atoms with Crippen LogP contribution < -0.4 is 5.32 Å². The third kappa shape index (κ3) is 3.57. The summed E-state index contributed by atoms with van der Waals surface area (Å²) in [5, 5.41) is 3.40. The first-order chi connectivity index (χ1) is 8.90. The van der Waals surface area contributed by atoms with E-state index < -0.39 is 0 Å². The van der Waals surface area contributed by atoms with Crippen molar-refractivity contribution < 1.29 is 0 Å². The lowest BCUT2D eigenvalue weighted by atomic mass is 10.0. The first-order valence-corrected chi connectivity index (χ1v) is 6.42. The minimum absolute atomic E-state index is 0.898. The van der Waals surface area contributed by atoms with Crippen LogP contribution in [0, 0.1) is 0 Å². The van der Waals surface area contributed by atoms with Crippen LogP contribution in [0.25, 0.3) is 11.6 Å². The highest BCUT2D eigenvalue weighted by atomic mass is 14.8. The summed E-state index contributed by atoms with van der Waals surface area (Å²) in [6.07, 6.45) is 2.25. The number of hydrogen-bond acceptors (Lipinski definition) is 1. The molecule has 0 aromatic heterocycles. The maximum atomic E-state index is 3.40. The molecular formula is C17H19N.